The van der Waals surface area contributed by atoms with Gasteiger partial charge in [0.15, 0.2) is 0 Å². The fourth-order valence-corrected chi connectivity index (χ4v) is 0. The molecular weight excluding hydrogens is 140 g/mol. The van der Waals surface area contributed by atoms with Crippen LogP contribution in [-0.2, 0) is 19.1 Å². The fraction of sp³-hybridized carbons (Fsp3) is 1.00. The number of hydrogen-bond donors (Lipinski definition) is 0. The maximum atomic E-state index is 10.6. The first-order chi connectivity index (χ1) is 2.94. The maximum absolute atomic E-state index is 10.6. The third-order valence-electron chi connectivity index (χ3n) is 0.189. The largest absolute Gasteiger partial charge is 1.00 e. The van der Waals surface area contributed by atoms with Gasteiger partial charge in [0.2, 0.25) is 0 Å². The van der Waals surface area contributed by atoms with Gasteiger partial charge in [0.1, 0.15) is 0 Å². The Labute approximate surface area is 57.2 Å². The van der Waals surface area contributed by atoms with Crippen molar-refractivity contribution < 1.29 is 40.4 Å². The van der Waals surface area contributed by atoms with Gasteiger partial charge < -0.3 is 0 Å². The molecule has 0 rings (SSSR count). The van der Waals surface area contributed by atoms with Gasteiger partial charge in [-0.25, -0.2) is 0 Å². The summed E-state index contributed by atoms with van der Waals surface area (Å²) in [4.78, 5) is 0. The Morgan fingerprint density at radius 1 is 1.12 bits per heavy atom. The molecule has 0 aromatic carbocycles. The van der Waals surface area contributed by atoms with Crippen molar-refractivity contribution in [2.75, 3.05) is 0 Å². The van der Waals surface area contributed by atoms with Crippen molar-refractivity contribution in [3.63, 3.8) is 0 Å². The van der Waals surface area contributed by atoms with Crippen molar-refractivity contribution in [2.45, 2.75) is 5.51 Å². The summed E-state index contributed by atoms with van der Waals surface area (Å²) < 4.78 is 49.5. The van der Waals surface area contributed by atoms with Gasteiger partial charge in [-0.05, 0) is 0 Å². The Hall–Kier alpha value is 0.207. The summed E-state index contributed by atoms with van der Waals surface area (Å²) in [6, 6.07) is 0. The molecule has 0 amide bonds. The van der Waals surface area contributed by atoms with Gasteiger partial charge in [-0.2, -0.15) is 0 Å². The van der Waals surface area contributed by atoms with E-state index in [0.29, 0.717) is 0 Å². The van der Waals surface area contributed by atoms with E-state index in [4.69, 9.17) is 8.42 Å². The molecule has 0 aromatic heterocycles. The van der Waals surface area contributed by atoms with Crippen LogP contribution in [0.3, 0.4) is 0 Å². The molecule has 42 valence electrons. The average molecular weight is 140 g/mol. The molecule has 7 heteroatoms. The van der Waals surface area contributed by atoms with Crippen molar-refractivity contribution in [1.82, 2.24) is 0 Å². The van der Waals surface area contributed by atoms with E-state index in [1.54, 1.807) is 0 Å². The molecule has 0 N–H and O–H groups in total. The molecule has 0 heterocycles. The second-order valence-electron chi connectivity index (χ2n) is 0.680. The number of hydrogen-bond acceptors (Lipinski definition) is 2. The normalized spacial score (nSPS) is 9.88. The van der Waals surface area contributed by atoms with Gasteiger partial charge in [0.05, 0.1) is 0 Å². The van der Waals surface area contributed by atoms with Crippen molar-refractivity contribution in [3.05, 3.63) is 0 Å². The zero-order valence-corrected chi connectivity index (χ0v) is 4.68. The Balaban J connectivity index is 0. The van der Waals surface area contributed by atoms with Crippen LogP contribution in [0.1, 0.15) is 0 Å². The predicted molar refractivity (Wildman–Crippen MR) is 14.8 cm³/mol. The van der Waals surface area contributed by atoms with Gasteiger partial charge in [-0.1, -0.05) is 0 Å². The number of halogens is 3. The van der Waals surface area contributed by atoms with Crippen LogP contribution in [-0.4, -0.2) is 5.51 Å². The first-order valence-corrected chi connectivity index (χ1v) is 2.18. The smallest absolute Gasteiger partial charge is 0.111 e. The summed E-state index contributed by atoms with van der Waals surface area (Å²) in [7, 11) is -3.93. The maximum Gasteiger partial charge on any atom is 1.00 e. The van der Waals surface area contributed by atoms with Crippen molar-refractivity contribution in [3.8, 4) is 0 Å². The molecule has 0 aliphatic rings. The molecule has 0 unspecified atom stereocenters. The van der Waals surface area contributed by atoms with Gasteiger partial charge in [0.25, 0.3) is 0 Å². The Bertz CT molecular complexity index is 118. The molecule has 0 saturated heterocycles. The number of rotatable bonds is 0. The van der Waals surface area contributed by atoms with E-state index in [2.05, 4.69) is 0 Å². The molecule has 0 fully saturated rings. The molecule has 0 atom stereocenters. The molecular formula is CF3LiO2S+2. The quantitative estimate of drug-likeness (QED) is 0.283. The first kappa shape index (κ1) is 11.1. The van der Waals surface area contributed by atoms with Crippen LogP contribution >= 0.6 is 0 Å². The van der Waals surface area contributed by atoms with E-state index in [9.17, 15) is 13.2 Å². The third kappa shape index (κ3) is 4.37. The van der Waals surface area contributed by atoms with Gasteiger partial charge in [0, 0.05) is 8.42 Å². The molecule has 0 aliphatic heterocycles. The minimum atomic E-state index is -5.08. The van der Waals surface area contributed by atoms with Crippen LogP contribution in [0.5, 0.6) is 0 Å². The summed E-state index contributed by atoms with van der Waals surface area (Å²) in [5.41, 5.74) is -5.08. The second kappa shape index (κ2) is 3.28. The first-order valence-electron chi connectivity index (χ1n) is 1.10. The van der Waals surface area contributed by atoms with Gasteiger partial charge >= 0.3 is 35.1 Å². The third-order valence-corrected chi connectivity index (χ3v) is 0.567. The predicted octanol–water partition coefficient (Wildman–Crippen LogP) is -2.18. The molecule has 0 saturated carbocycles. The minimum Gasteiger partial charge on any atom is -0.111 e. The molecule has 0 radical (unpaired) electrons. The van der Waals surface area contributed by atoms with E-state index < -0.39 is 16.2 Å². The fourth-order valence-electron chi connectivity index (χ4n) is 0. The van der Waals surface area contributed by atoms with E-state index >= 15 is 0 Å². The zero-order valence-electron chi connectivity index (χ0n) is 3.86. The van der Waals surface area contributed by atoms with Gasteiger partial charge in [-0.3, -0.25) is 0 Å². The Morgan fingerprint density at radius 3 is 1.25 bits per heavy atom. The minimum absolute atomic E-state index is 0. The van der Waals surface area contributed by atoms with Crippen molar-refractivity contribution >= 4 is 10.7 Å². The van der Waals surface area contributed by atoms with Crippen LogP contribution in [0.2, 0.25) is 0 Å². The Morgan fingerprint density at radius 2 is 1.25 bits per heavy atom. The van der Waals surface area contributed by atoms with E-state index in [0.717, 1.165) is 0 Å². The van der Waals surface area contributed by atoms with Crippen LogP contribution < -0.4 is 18.9 Å². The van der Waals surface area contributed by atoms with Crippen molar-refractivity contribution in [1.29, 1.82) is 0 Å². The summed E-state index contributed by atoms with van der Waals surface area (Å²) in [6.07, 6.45) is 0. The monoisotopic (exact) mass is 140 g/mol. The van der Waals surface area contributed by atoms with Crippen molar-refractivity contribution in [2.24, 2.45) is 0 Å². The summed E-state index contributed by atoms with van der Waals surface area (Å²) >= 11 is 0. The molecule has 0 aromatic rings. The summed E-state index contributed by atoms with van der Waals surface area (Å²) in [5, 5.41) is 0. The molecule has 0 spiro atoms. The average Bonchev–Trinajstić information content (AvgIpc) is 1.31. The molecule has 8 heavy (non-hydrogen) atoms. The van der Waals surface area contributed by atoms with E-state index in [1.807, 2.05) is 0 Å². The summed E-state index contributed by atoms with van der Waals surface area (Å²) in [5.74, 6) is 0. The Kier molecular flexibility index (Phi) is 4.53. The van der Waals surface area contributed by atoms with Crippen LogP contribution in [0.4, 0.5) is 13.2 Å². The molecule has 0 aliphatic carbocycles. The second-order valence-corrected chi connectivity index (χ2v) is 1.61. The SMILES string of the molecule is O=[S+](=O)C(F)(F)F.[Li+]. The van der Waals surface area contributed by atoms with Crippen LogP contribution in [0.25, 0.3) is 0 Å². The van der Waals surface area contributed by atoms with Gasteiger partial charge in [-0.15, -0.1) is 13.2 Å². The molecule has 2 nitrogen and oxygen atoms in total. The standard InChI is InChI=1S/CF3O2S.Li/c2-1(3,4)7(5)6;/q2*+1. The van der Waals surface area contributed by atoms with Crippen LogP contribution in [0, 0.1) is 0 Å². The topological polar surface area (TPSA) is 34.1 Å². The van der Waals surface area contributed by atoms with Crippen LogP contribution in [0.15, 0.2) is 0 Å². The van der Waals surface area contributed by atoms with E-state index in [1.165, 1.54) is 0 Å². The summed E-state index contributed by atoms with van der Waals surface area (Å²) in [6.45, 7) is 0. The zero-order chi connectivity index (χ0) is 6.08. The number of alkyl halides is 3. The molecule has 0 bridgehead atoms. The van der Waals surface area contributed by atoms with E-state index in [-0.39, 0.29) is 18.9 Å².